The Morgan fingerprint density at radius 1 is 1.13 bits per heavy atom. The second-order valence-electron chi connectivity index (χ2n) is 5.50. The standard InChI is InChI=1S/C18H15N3O2/c1-11-4-2-5-12-8-14(10-22-16(11)12)17-20-18(23-21-17)13-6-3-7-15(19)9-13/h2-9H,10,19H2,1H3. The van der Waals surface area contributed by atoms with Crippen molar-refractivity contribution in [1.29, 1.82) is 0 Å². The molecule has 1 aliphatic heterocycles. The zero-order chi connectivity index (χ0) is 15.8. The van der Waals surface area contributed by atoms with Crippen LogP contribution >= 0.6 is 0 Å². The van der Waals surface area contributed by atoms with Crippen molar-refractivity contribution in [2.24, 2.45) is 0 Å². The van der Waals surface area contributed by atoms with Crippen LogP contribution in [-0.4, -0.2) is 16.7 Å². The van der Waals surface area contributed by atoms with E-state index in [4.69, 9.17) is 15.0 Å². The van der Waals surface area contributed by atoms with Crippen LogP contribution in [0.4, 0.5) is 5.69 Å². The van der Waals surface area contributed by atoms with Gasteiger partial charge in [-0.15, -0.1) is 0 Å². The van der Waals surface area contributed by atoms with Gasteiger partial charge in [-0.05, 0) is 36.8 Å². The van der Waals surface area contributed by atoms with Crippen molar-refractivity contribution < 1.29 is 9.26 Å². The zero-order valence-corrected chi connectivity index (χ0v) is 12.6. The van der Waals surface area contributed by atoms with Crippen LogP contribution < -0.4 is 10.5 Å². The number of hydrogen-bond donors (Lipinski definition) is 1. The van der Waals surface area contributed by atoms with Crippen LogP contribution in [0.1, 0.15) is 17.0 Å². The van der Waals surface area contributed by atoms with Crippen molar-refractivity contribution in [3.63, 3.8) is 0 Å². The van der Waals surface area contributed by atoms with Gasteiger partial charge in [-0.25, -0.2) is 0 Å². The fourth-order valence-electron chi connectivity index (χ4n) is 2.64. The molecule has 114 valence electrons. The van der Waals surface area contributed by atoms with Gasteiger partial charge in [0.15, 0.2) is 0 Å². The SMILES string of the molecule is Cc1cccc2c1OCC(c1noc(-c3cccc(N)c3)n1)=C2. The topological polar surface area (TPSA) is 74.2 Å². The van der Waals surface area contributed by atoms with E-state index in [0.29, 0.717) is 24.0 Å². The van der Waals surface area contributed by atoms with Gasteiger partial charge in [0.1, 0.15) is 12.4 Å². The fourth-order valence-corrected chi connectivity index (χ4v) is 2.64. The summed E-state index contributed by atoms with van der Waals surface area (Å²) in [5.74, 6) is 1.90. The maximum Gasteiger partial charge on any atom is 0.258 e. The zero-order valence-electron chi connectivity index (χ0n) is 12.6. The molecule has 4 rings (SSSR count). The first-order valence-corrected chi connectivity index (χ1v) is 7.34. The van der Waals surface area contributed by atoms with Gasteiger partial charge in [-0.2, -0.15) is 4.98 Å². The third-order valence-corrected chi connectivity index (χ3v) is 3.79. The smallest absolute Gasteiger partial charge is 0.258 e. The van der Waals surface area contributed by atoms with Crippen molar-refractivity contribution in [2.75, 3.05) is 12.3 Å². The van der Waals surface area contributed by atoms with Crippen molar-refractivity contribution >= 4 is 17.3 Å². The second-order valence-corrected chi connectivity index (χ2v) is 5.50. The number of nitrogen functional groups attached to an aromatic ring is 1. The molecule has 1 aliphatic rings. The van der Waals surface area contributed by atoms with E-state index in [-0.39, 0.29) is 0 Å². The number of benzene rings is 2. The molecular weight excluding hydrogens is 290 g/mol. The number of aryl methyl sites for hydroxylation is 1. The summed E-state index contributed by atoms with van der Waals surface area (Å²) in [6.45, 7) is 2.46. The minimum Gasteiger partial charge on any atom is -0.488 e. The molecule has 1 aromatic heterocycles. The first kappa shape index (κ1) is 13.6. The Kier molecular flexibility index (Phi) is 3.12. The highest BCUT2D eigenvalue weighted by molar-refractivity contribution is 5.84. The summed E-state index contributed by atoms with van der Waals surface area (Å²) in [6.07, 6.45) is 2.04. The number of hydrogen-bond acceptors (Lipinski definition) is 5. The Balaban J connectivity index is 1.70. The van der Waals surface area contributed by atoms with Gasteiger partial charge >= 0.3 is 0 Å². The highest BCUT2D eigenvalue weighted by Gasteiger charge is 2.19. The number of nitrogens with two attached hydrogens (primary N) is 1. The van der Waals surface area contributed by atoms with Crippen LogP contribution in [0, 0.1) is 6.92 Å². The molecule has 0 saturated heterocycles. The molecule has 5 heteroatoms. The number of anilines is 1. The summed E-state index contributed by atoms with van der Waals surface area (Å²) in [7, 11) is 0. The van der Waals surface area contributed by atoms with Crippen molar-refractivity contribution in [3.8, 4) is 17.2 Å². The van der Waals surface area contributed by atoms with Crippen LogP contribution in [0.15, 0.2) is 47.0 Å². The Morgan fingerprint density at radius 3 is 2.87 bits per heavy atom. The summed E-state index contributed by atoms with van der Waals surface area (Å²) in [6, 6.07) is 13.4. The molecule has 0 bridgehead atoms. The Morgan fingerprint density at radius 2 is 2.00 bits per heavy atom. The minimum atomic E-state index is 0.424. The van der Waals surface area contributed by atoms with E-state index in [1.807, 2.05) is 55.5 Å². The molecule has 0 fully saturated rings. The van der Waals surface area contributed by atoms with Gasteiger partial charge in [-0.1, -0.05) is 29.4 Å². The Bertz CT molecular complexity index is 912. The van der Waals surface area contributed by atoms with Gasteiger partial charge in [-0.3, -0.25) is 0 Å². The second kappa shape index (κ2) is 5.28. The van der Waals surface area contributed by atoms with E-state index < -0.39 is 0 Å². The van der Waals surface area contributed by atoms with Crippen molar-refractivity contribution in [2.45, 2.75) is 6.92 Å². The number of fused-ring (bicyclic) bond motifs is 1. The maximum atomic E-state index is 5.85. The van der Waals surface area contributed by atoms with Gasteiger partial charge in [0.25, 0.3) is 5.89 Å². The van der Waals surface area contributed by atoms with E-state index in [2.05, 4.69) is 10.1 Å². The quantitative estimate of drug-likeness (QED) is 0.733. The number of ether oxygens (including phenoxy) is 1. The first-order chi connectivity index (χ1) is 11.2. The van der Waals surface area contributed by atoms with Crippen molar-refractivity contribution in [3.05, 3.63) is 59.4 Å². The van der Waals surface area contributed by atoms with E-state index in [1.165, 1.54) is 0 Å². The predicted molar refractivity (Wildman–Crippen MR) is 88.7 cm³/mol. The number of aromatic nitrogens is 2. The van der Waals surface area contributed by atoms with Gasteiger partial charge < -0.3 is 15.0 Å². The Labute approximate surface area is 133 Å². The normalized spacial score (nSPS) is 13.2. The molecule has 2 heterocycles. The lowest BCUT2D eigenvalue weighted by molar-refractivity contribution is 0.360. The van der Waals surface area contributed by atoms with E-state index in [1.54, 1.807) is 0 Å². The van der Waals surface area contributed by atoms with E-state index in [0.717, 1.165) is 28.0 Å². The van der Waals surface area contributed by atoms with Crippen LogP contribution in [0.2, 0.25) is 0 Å². The summed E-state index contributed by atoms with van der Waals surface area (Å²) >= 11 is 0. The lowest BCUT2D eigenvalue weighted by atomic mass is 10.0. The molecule has 23 heavy (non-hydrogen) atoms. The average molecular weight is 305 g/mol. The van der Waals surface area contributed by atoms with Gasteiger partial charge in [0, 0.05) is 22.4 Å². The summed E-state index contributed by atoms with van der Waals surface area (Å²) in [4.78, 5) is 4.46. The lowest BCUT2D eigenvalue weighted by Gasteiger charge is -2.17. The summed E-state index contributed by atoms with van der Waals surface area (Å²) < 4.78 is 11.2. The number of rotatable bonds is 2. The minimum absolute atomic E-state index is 0.424. The van der Waals surface area contributed by atoms with E-state index >= 15 is 0 Å². The van der Waals surface area contributed by atoms with Crippen LogP contribution in [0.25, 0.3) is 23.1 Å². The molecule has 0 spiro atoms. The third kappa shape index (κ3) is 2.46. The Hall–Kier alpha value is -3.08. The number of para-hydroxylation sites is 1. The molecule has 2 aromatic carbocycles. The summed E-state index contributed by atoms with van der Waals surface area (Å²) in [5.41, 5.74) is 10.3. The largest absolute Gasteiger partial charge is 0.488 e. The summed E-state index contributed by atoms with van der Waals surface area (Å²) in [5, 5.41) is 4.07. The van der Waals surface area contributed by atoms with Crippen LogP contribution in [-0.2, 0) is 0 Å². The fraction of sp³-hybridized carbons (Fsp3) is 0.111. The van der Waals surface area contributed by atoms with Crippen LogP contribution in [0.5, 0.6) is 5.75 Å². The molecule has 0 saturated carbocycles. The molecule has 5 nitrogen and oxygen atoms in total. The van der Waals surface area contributed by atoms with Gasteiger partial charge in [0.2, 0.25) is 5.82 Å². The molecule has 0 amide bonds. The third-order valence-electron chi connectivity index (χ3n) is 3.79. The monoisotopic (exact) mass is 305 g/mol. The number of nitrogens with zero attached hydrogens (tertiary/aromatic N) is 2. The molecule has 0 unspecified atom stereocenters. The van der Waals surface area contributed by atoms with Crippen molar-refractivity contribution in [1.82, 2.24) is 10.1 Å². The lowest BCUT2D eigenvalue weighted by Crippen LogP contribution is -2.08. The molecule has 2 N–H and O–H groups in total. The maximum absolute atomic E-state index is 5.85. The first-order valence-electron chi connectivity index (χ1n) is 7.34. The molecule has 3 aromatic rings. The molecule has 0 aliphatic carbocycles. The molecule has 0 atom stereocenters. The highest BCUT2D eigenvalue weighted by atomic mass is 16.5. The van der Waals surface area contributed by atoms with Crippen LogP contribution in [0.3, 0.4) is 0 Å². The molecular formula is C18H15N3O2. The van der Waals surface area contributed by atoms with Gasteiger partial charge in [0.05, 0.1) is 0 Å². The molecule has 0 radical (unpaired) electrons. The predicted octanol–water partition coefficient (Wildman–Crippen LogP) is 3.56. The average Bonchev–Trinajstić information content (AvgIpc) is 3.05. The van der Waals surface area contributed by atoms with E-state index in [9.17, 15) is 0 Å². The highest BCUT2D eigenvalue weighted by Crippen LogP contribution is 2.32.